The number of hydrogen-bond donors (Lipinski definition) is 0. The van der Waals surface area contributed by atoms with Crippen molar-refractivity contribution in [2.75, 3.05) is 13.2 Å². The maximum absolute atomic E-state index is 5.46. The molecular weight excluding hydrogens is 208 g/mol. The van der Waals surface area contributed by atoms with Crippen LogP contribution in [0.1, 0.15) is 40.5 Å². The van der Waals surface area contributed by atoms with Crippen LogP contribution in [0.3, 0.4) is 0 Å². The molecule has 0 aliphatic rings. The van der Waals surface area contributed by atoms with E-state index in [4.69, 9.17) is 4.74 Å². The predicted octanol–water partition coefficient (Wildman–Crippen LogP) is 4.78. The van der Waals surface area contributed by atoms with E-state index >= 15 is 0 Å². The Labute approximate surface area is 107 Å². The van der Waals surface area contributed by atoms with E-state index in [1.54, 1.807) is 0 Å². The van der Waals surface area contributed by atoms with E-state index < -0.39 is 0 Å². The maximum Gasteiger partial charge on any atom is 0.0468 e. The van der Waals surface area contributed by atoms with Gasteiger partial charge in [-0.2, -0.15) is 0 Å². The van der Waals surface area contributed by atoms with Gasteiger partial charge in [-0.3, -0.25) is 0 Å². The van der Waals surface area contributed by atoms with Crippen molar-refractivity contribution in [3.8, 4) is 0 Å². The van der Waals surface area contributed by atoms with E-state index in [1.807, 2.05) is 36.4 Å². The topological polar surface area (TPSA) is 9.23 Å². The van der Waals surface area contributed by atoms with E-state index in [1.165, 1.54) is 12.8 Å². The molecule has 17 heavy (non-hydrogen) atoms. The van der Waals surface area contributed by atoms with Gasteiger partial charge in [0.2, 0.25) is 0 Å². The van der Waals surface area contributed by atoms with Crippen LogP contribution < -0.4 is 0 Å². The fourth-order valence-corrected chi connectivity index (χ4v) is 1.13. The minimum atomic E-state index is 0.772. The summed E-state index contributed by atoms with van der Waals surface area (Å²) in [6.45, 7) is 10.8. The van der Waals surface area contributed by atoms with Crippen LogP contribution in [0, 0.1) is 11.8 Å². The van der Waals surface area contributed by atoms with Crippen molar-refractivity contribution < 1.29 is 4.74 Å². The zero-order valence-corrected chi connectivity index (χ0v) is 11.9. The van der Waals surface area contributed by atoms with Crippen LogP contribution in [-0.2, 0) is 4.74 Å². The van der Waals surface area contributed by atoms with Crippen LogP contribution in [-0.4, -0.2) is 13.2 Å². The molecule has 1 nitrogen and oxygen atoms in total. The van der Waals surface area contributed by atoms with Gasteiger partial charge in [0.15, 0.2) is 0 Å². The lowest BCUT2D eigenvalue weighted by atomic mass is 10.1. The highest BCUT2D eigenvalue weighted by Crippen LogP contribution is 2.02. The third-order valence-electron chi connectivity index (χ3n) is 2.35. The Morgan fingerprint density at radius 2 is 0.941 bits per heavy atom. The summed E-state index contributed by atoms with van der Waals surface area (Å²) in [7, 11) is 0. The Morgan fingerprint density at radius 1 is 0.647 bits per heavy atom. The first-order valence-electron chi connectivity index (χ1n) is 6.70. The molecule has 0 aliphatic heterocycles. The molecule has 0 unspecified atom stereocenters. The Hall–Kier alpha value is -0.820. The Balaban J connectivity index is 0.000000354. The van der Waals surface area contributed by atoms with Crippen LogP contribution in [0.5, 0.6) is 0 Å². The summed E-state index contributed by atoms with van der Waals surface area (Å²) in [6.07, 6.45) is 2.39. The summed E-state index contributed by atoms with van der Waals surface area (Å²) in [5, 5.41) is 0. The molecule has 1 rings (SSSR count). The first-order chi connectivity index (χ1) is 8.13. The van der Waals surface area contributed by atoms with Gasteiger partial charge in [-0.25, -0.2) is 0 Å². The van der Waals surface area contributed by atoms with Gasteiger partial charge in [0, 0.05) is 13.2 Å². The third kappa shape index (κ3) is 15.2. The van der Waals surface area contributed by atoms with Crippen molar-refractivity contribution in [2.24, 2.45) is 11.8 Å². The molecule has 0 bridgehead atoms. The molecule has 1 aromatic carbocycles. The Morgan fingerprint density at radius 3 is 1.18 bits per heavy atom. The van der Waals surface area contributed by atoms with Crippen molar-refractivity contribution >= 4 is 0 Å². The van der Waals surface area contributed by atoms with Gasteiger partial charge < -0.3 is 4.74 Å². The average Bonchev–Trinajstić information content (AvgIpc) is 2.31. The van der Waals surface area contributed by atoms with Crippen molar-refractivity contribution in [2.45, 2.75) is 40.5 Å². The average molecular weight is 236 g/mol. The third-order valence-corrected chi connectivity index (χ3v) is 2.35. The van der Waals surface area contributed by atoms with Crippen molar-refractivity contribution in [1.82, 2.24) is 0 Å². The second kappa shape index (κ2) is 11.7. The van der Waals surface area contributed by atoms with E-state index in [2.05, 4.69) is 27.7 Å². The number of hydrogen-bond acceptors (Lipinski definition) is 1. The Kier molecular flexibility index (Phi) is 11.1. The molecule has 0 spiro atoms. The molecule has 0 heterocycles. The van der Waals surface area contributed by atoms with Crippen molar-refractivity contribution in [3.05, 3.63) is 36.4 Å². The molecule has 0 saturated carbocycles. The van der Waals surface area contributed by atoms with Gasteiger partial charge in [0.25, 0.3) is 0 Å². The van der Waals surface area contributed by atoms with Crippen LogP contribution in [0.15, 0.2) is 36.4 Å². The van der Waals surface area contributed by atoms with E-state index in [-0.39, 0.29) is 0 Å². The fraction of sp³-hybridized carbons (Fsp3) is 0.625. The molecule has 0 saturated heterocycles. The summed E-state index contributed by atoms with van der Waals surface area (Å²) in [6, 6.07) is 12.0. The van der Waals surface area contributed by atoms with E-state index in [0.29, 0.717) is 0 Å². The summed E-state index contributed by atoms with van der Waals surface area (Å²) in [5.74, 6) is 1.54. The van der Waals surface area contributed by atoms with E-state index in [0.717, 1.165) is 25.0 Å². The minimum Gasteiger partial charge on any atom is -0.381 e. The number of benzene rings is 1. The number of rotatable bonds is 6. The second-order valence-corrected chi connectivity index (χ2v) is 5.13. The summed E-state index contributed by atoms with van der Waals surface area (Å²) < 4.78 is 5.46. The van der Waals surface area contributed by atoms with Crippen molar-refractivity contribution in [3.63, 3.8) is 0 Å². The highest BCUT2D eigenvalue weighted by molar-refractivity contribution is 4.99. The standard InChI is InChI=1S/C10H22O.C6H6/c1-9(2)5-7-11-8-6-10(3)4;1-2-4-6-5-3-1/h9-10H,5-8H2,1-4H3;1-6H. The zero-order valence-electron chi connectivity index (χ0n) is 11.9. The van der Waals surface area contributed by atoms with Gasteiger partial charge in [0.05, 0.1) is 0 Å². The lowest BCUT2D eigenvalue weighted by Crippen LogP contribution is -2.02. The molecule has 1 heteroatoms. The van der Waals surface area contributed by atoms with Gasteiger partial charge in [-0.1, -0.05) is 64.1 Å². The fourth-order valence-electron chi connectivity index (χ4n) is 1.13. The molecule has 0 fully saturated rings. The molecular formula is C16H28O. The smallest absolute Gasteiger partial charge is 0.0468 e. The largest absolute Gasteiger partial charge is 0.381 e. The maximum atomic E-state index is 5.46. The van der Waals surface area contributed by atoms with Gasteiger partial charge in [-0.05, 0) is 24.7 Å². The lowest BCUT2D eigenvalue weighted by Gasteiger charge is -2.07. The molecule has 98 valence electrons. The monoisotopic (exact) mass is 236 g/mol. The highest BCUT2D eigenvalue weighted by Gasteiger charge is 1.95. The normalized spacial score (nSPS) is 10.2. The van der Waals surface area contributed by atoms with Gasteiger partial charge in [-0.15, -0.1) is 0 Å². The SMILES string of the molecule is CC(C)CCOCCC(C)C.c1ccccc1. The highest BCUT2D eigenvalue weighted by atomic mass is 16.5. The lowest BCUT2D eigenvalue weighted by molar-refractivity contribution is 0.114. The molecule has 1 aromatic rings. The first-order valence-corrected chi connectivity index (χ1v) is 6.70. The molecule has 0 aliphatic carbocycles. The zero-order chi connectivity index (χ0) is 12.9. The quantitative estimate of drug-likeness (QED) is 0.646. The second-order valence-electron chi connectivity index (χ2n) is 5.13. The summed E-state index contributed by atoms with van der Waals surface area (Å²) >= 11 is 0. The molecule has 0 N–H and O–H groups in total. The minimum absolute atomic E-state index is 0.772. The van der Waals surface area contributed by atoms with Crippen LogP contribution in [0.25, 0.3) is 0 Å². The van der Waals surface area contributed by atoms with Crippen molar-refractivity contribution in [1.29, 1.82) is 0 Å². The number of ether oxygens (including phenoxy) is 1. The van der Waals surface area contributed by atoms with E-state index in [9.17, 15) is 0 Å². The Bertz CT molecular complexity index is 192. The molecule has 0 radical (unpaired) electrons. The first kappa shape index (κ1) is 16.2. The predicted molar refractivity (Wildman–Crippen MR) is 76.2 cm³/mol. The molecule has 0 amide bonds. The van der Waals surface area contributed by atoms with Crippen LogP contribution >= 0.6 is 0 Å². The van der Waals surface area contributed by atoms with Gasteiger partial charge in [0.1, 0.15) is 0 Å². The summed E-state index contributed by atoms with van der Waals surface area (Å²) in [4.78, 5) is 0. The van der Waals surface area contributed by atoms with Gasteiger partial charge >= 0.3 is 0 Å². The van der Waals surface area contributed by atoms with Crippen LogP contribution in [0.4, 0.5) is 0 Å². The summed E-state index contributed by atoms with van der Waals surface area (Å²) in [5.41, 5.74) is 0. The molecule has 0 aromatic heterocycles. The molecule has 0 atom stereocenters. The van der Waals surface area contributed by atoms with Crippen LogP contribution in [0.2, 0.25) is 0 Å².